The van der Waals surface area contributed by atoms with E-state index in [2.05, 4.69) is 20.2 Å². The maximum atomic E-state index is 13.6. The topological polar surface area (TPSA) is 90.2 Å². The molecule has 142 valence electrons. The highest BCUT2D eigenvalue weighted by molar-refractivity contribution is 5.74. The van der Waals surface area contributed by atoms with E-state index in [9.17, 15) is 9.50 Å². The van der Waals surface area contributed by atoms with Crippen LogP contribution in [0.15, 0.2) is 54.9 Å². The molecule has 0 fully saturated rings. The van der Waals surface area contributed by atoms with Gasteiger partial charge in [-0.1, -0.05) is 23.3 Å². The Morgan fingerprint density at radius 1 is 1.11 bits per heavy atom. The van der Waals surface area contributed by atoms with Gasteiger partial charge in [0.15, 0.2) is 6.17 Å². The monoisotopic (exact) mass is 380 g/mol. The second-order valence-corrected chi connectivity index (χ2v) is 6.21. The predicted molar refractivity (Wildman–Crippen MR) is 99.8 cm³/mol. The zero-order chi connectivity index (χ0) is 19.5. The highest BCUT2D eigenvalue weighted by Crippen LogP contribution is 2.33. The molecule has 1 aromatic carbocycles. The van der Waals surface area contributed by atoms with Gasteiger partial charge in [0.1, 0.15) is 17.5 Å². The summed E-state index contributed by atoms with van der Waals surface area (Å²) in [7, 11) is 1.54. The lowest BCUT2D eigenvalue weighted by atomic mass is 10.0. The number of benzene rings is 1. The van der Waals surface area contributed by atoms with Crippen molar-refractivity contribution >= 4 is 0 Å². The fourth-order valence-corrected chi connectivity index (χ4v) is 2.92. The van der Waals surface area contributed by atoms with Crippen LogP contribution in [-0.4, -0.2) is 44.7 Å². The van der Waals surface area contributed by atoms with Crippen molar-refractivity contribution in [3.63, 3.8) is 0 Å². The maximum absolute atomic E-state index is 13.6. The van der Waals surface area contributed by atoms with E-state index >= 15 is 0 Å². The zero-order valence-electron chi connectivity index (χ0n) is 15.0. The molecule has 0 saturated heterocycles. The summed E-state index contributed by atoms with van der Waals surface area (Å²) >= 11 is 0. The summed E-state index contributed by atoms with van der Waals surface area (Å²) in [6.45, 7) is 0. The highest BCUT2D eigenvalue weighted by Gasteiger charge is 2.25. The van der Waals surface area contributed by atoms with Gasteiger partial charge in [-0.2, -0.15) is 0 Å². The van der Waals surface area contributed by atoms with Crippen molar-refractivity contribution in [3.05, 3.63) is 54.9 Å². The zero-order valence-corrected chi connectivity index (χ0v) is 15.0. The number of pyridine rings is 1. The number of phenols is 1. The SMILES string of the molecule is COc1cc(-c2ccc(-c3cnc(O[C@@H]4CC=C[C@@H]4F)nn3)c(O)c2)ccn1. The lowest BCUT2D eigenvalue weighted by molar-refractivity contribution is 0.126. The molecule has 0 bridgehead atoms. The quantitative estimate of drug-likeness (QED) is 0.679. The number of alkyl halides is 1. The summed E-state index contributed by atoms with van der Waals surface area (Å²) in [4.78, 5) is 8.14. The molecular formula is C20H17FN4O3. The van der Waals surface area contributed by atoms with E-state index in [1.54, 1.807) is 37.6 Å². The molecule has 7 nitrogen and oxygen atoms in total. The Hall–Kier alpha value is -3.55. The average molecular weight is 380 g/mol. The third-order valence-corrected chi connectivity index (χ3v) is 4.39. The Morgan fingerprint density at radius 2 is 1.96 bits per heavy atom. The molecule has 1 aliphatic rings. The van der Waals surface area contributed by atoms with Gasteiger partial charge >= 0.3 is 6.01 Å². The van der Waals surface area contributed by atoms with Crippen LogP contribution < -0.4 is 9.47 Å². The lowest BCUT2D eigenvalue weighted by Gasteiger charge is -2.13. The minimum Gasteiger partial charge on any atom is -0.507 e. The van der Waals surface area contributed by atoms with Crippen LogP contribution in [0.5, 0.6) is 17.6 Å². The van der Waals surface area contributed by atoms with Gasteiger partial charge in [0.05, 0.1) is 13.3 Å². The predicted octanol–water partition coefficient (Wildman–Crippen LogP) is 3.36. The normalized spacial score (nSPS) is 18.2. The molecule has 0 radical (unpaired) electrons. The highest BCUT2D eigenvalue weighted by atomic mass is 19.1. The summed E-state index contributed by atoms with van der Waals surface area (Å²) in [5.74, 6) is 0.515. The molecule has 0 aliphatic heterocycles. The molecule has 1 N–H and O–H groups in total. The van der Waals surface area contributed by atoms with Crippen molar-refractivity contribution in [2.75, 3.05) is 7.11 Å². The lowest BCUT2D eigenvalue weighted by Crippen LogP contribution is -2.23. The average Bonchev–Trinajstić information content (AvgIpc) is 3.13. The number of nitrogens with zero attached hydrogens (tertiary/aromatic N) is 4. The molecule has 28 heavy (non-hydrogen) atoms. The first-order valence-electron chi connectivity index (χ1n) is 8.65. The Kier molecular flexibility index (Phi) is 4.84. The standard InChI is InChI=1S/C20H17FN4O3/c1-27-19-10-13(7-8-22-19)12-5-6-14(17(26)9-12)16-11-23-20(25-24-16)28-18-4-2-3-15(18)21/h2-3,5-11,15,18,26H,4H2,1H3/t15-,18+/m0/s1. The minimum absolute atomic E-state index is 0.0000838. The van der Waals surface area contributed by atoms with Crippen LogP contribution in [0.4, 0.5) is 4.39 Å². The van der Waals surface area contributed by atoms with Crippen LogP contribution in [0.1, 0.15) is 6.42 Å². The third kappa shape index (κ3) is 3.62. The van der Waals surface area contributed by atoms with Crippen molar-refractivity contribution in [2.45, 2.75) is 18.7 Å². The van der Waals surface area contributed by atoms with Crippen LogP contribution in [0, 0.1) is 0 Å². The van der Waals surface area contributed by atoms with Gasteiger partial charge in [-0.3, -0.25) is 0 Å². The summed E-state index contributed by atoms with van der Waals surface area (Å²) in [5.41, 5.74) is 2.51. The summed E-state index contributed by atoms with van der Waals surface area (Å²) < 4.78 is 24.1. The summed E-state index contributed by atoms with van der Waals surface area (Å²) in [5, 5.41) is 18.4. The van der Waals surface area contributed by atoms with Crippen molar-refractivity contribution in [1.29, 1.82) is 0 Å². The smallest absolute Gasteiger partial charge is 0.336 e. The van der Waals surface area contributed by atoms with Gasteiger partial charge in [0.2, 0.25) is 5.88 Å². The first-order valence-corrected chi connectivity index (χ1v) is 8.65. The Labute approximate surface area is 160 Å². The van der Waals surface area contributed by atoms with E-state index in [-0.39, 0.29) is 11.8 Å². The van der Waals surface area contributed by atoms with Gasteiger partial charge in [0.25, 0.3) is 0 Å². The molecule has 8 heteroatoms. The number of ether oxygens (including phenoxy) is 2. The second-order valence-electron chi connectivity index (χ2n) is 6.21. The van der Waals surface area contributed by atoms with Crippen molar-refractivity contribution in [1.82, 2.24) is 20.2 Å². The molecule has 1 aliphatic carbocycles. The van der Waals surface area contributed by atoms with E-state index in [1.165, 1.54) is 12.3 Å². The molecule has 0 unspecified atom stereocenters. The molecule has 4 rings (SSSR count). The first kappa shape index (κ1) is 17.8. The number of hydrogen-bond donors (Lipinski definition) is 1. The van der Waals surface area contributed by atoms with E-state index < -0.39 is 12.3 Å². The molecule has 0 amide bonds. The van der Waals surface area contributed by atoms with Crippen molar-refractivity contribution < 1.29 is 19.0 Å². The summed E-state index contributed by atoms with van der Waals surface area (Å²) in [6.07, 6.45) is 4.90. The van der Waals surface area contributed by atoms with Crippen molar-refractivity contribution in [2.24, 2.45) is 0 Å². The number of phenolic OH excluding ortho intramolecular Hbond substituents is 1. The van der Waals surface area contributed by atoms with Gasteiger partial charge in [-0.15, -0.1) is 5.10 Å². The van der Waals surface area contributed by atoms with Gasteiger partial charge in [-0.25, -0.2) is 14.4 Å². The summed E-state index contributed by atoms with van der Waals surface area (Å²) in [6, 6.07) is 8.78. The fourth-order valence-electron chi connectivity index (χ4n) is 2.92. The Bertz CT molecular complexity index is 1010. The number of aromatic hydroxyl groups is 1. The molecule has 2 atom stereocenters. The van der Waals surface area contributed by atoms with Crippen LogP contribution in [0.25, 0.3) is 22.4 Å². The largest absolute Gasteiger partial charge is 0.507 e. The molecule has 0 spiro atoms. The molecule has 2 aromatic heterocycles. The van der Waals surface area contributed by atoms with E-state index in [0.717, 1.165) is 11.1 Å². The molecular weight excluding hydrogens is 363 g/mol. The van der Waals surface area contributed by atoms with Crippen LogP contribution in [-0.2, 0) is 0 Å². The number of aromatic nitrogens is 4. The Morgan fingerprint density at radius 3 is 2.64 bits per heavy atom. The molecule has 0 saturated carbocycles. The number of hydrogen-bond acceptors (Lipinski definition) is 7. The van der Waals surface area contributed by atoms with E-state index in [4.69, 9.17) is 9.47 Å². The number of halogens is 1. The fraction of sp³-hybridized carbons (Fsp3) is 0.200. The minimum atomic E-state index is -1.17. The van der Waals surface area contributed by atoms with Crippen molar-refractivity contribution in [3.8, 4) is 40.0 Å². The number of rotatable bonds is 5. The Balaban J connectivity index is 1.54. The molecule has 2 heterocycles. The van der Waals surface area contributed by atoms with Gasteiger partial charge < -0.3 is 14.6 Å². The first-order chi connectivity index (χ1) is 13.6. The maximum Gasteiger partial charge on any atom is 0.336 e. The number of methoxy groups -OCH3 is 1. The van der Waals surface area contributed by atoms with Crippen LogP contribution in [0.3, 0.4) is 0 Å². The van der Waals surface area contributed by atoms with Gasteiger partial charge in [0, 0.05) is 24.2 Å². The van der Waals surface area contributed by atoms with E-state index in [0.29, 0.717) is 23.6 Å². The van der Waals surface area contributed by atoms with Gasteiger partial charge in [-0.05, 0) is 29.3 Å². The third-order valence-electron chi connectivity index (χ3n) is 4.39. The van der Waals surface area contributed by atoms with Crippen LogP contribution in [0.2, 0.25) is 0 Å². The van der Waals surface area contributed by atoms with Crippen LogP contribution >= 0.6 is 0 Å². The van der Waals surface area contributed by atoms with E-state index in [1.807, 2.05) is 12.1 Å². The molecule has 3 aromatic rings. The second kappa shape index (κ2) is 7.59.